The molecular formula is C18H16N3OS2+. The minimum atomic E-state index is -0.0116. The SMILES string of the molecule is Cc1cc(C#N)ccc1-c1c(SC(=O)N(C)C)ccc2c[nH+]sc12. The van der Waals surface area contributed by atoms with Crippen molar-refractivity contribution in [3.63, 3.8) is 0 Å². The van der Waals surface area contributed by atoms with Crippen LogP contribution in [0.25, 0.3) is 21.2 Å². The van der Waals surface area contributed by atoms with E-state index in [-0.39, 0.29) is 5.24 Å². The maximum atomic E-state index is 12.2. The number of hydrogen-bond acceptors (Lipinski definition) is 4. The van der Waals surface area contributed by atoms with E-state index in [0.717, 1.165) is 31.7 Å². The second kappa shape index (κ2) is 6.63. The van der Waals surface area contributed by atoms with Gasteiger partial charge in [-0.1, -0.05) is 6.07 Å². The number of amides is 1. The number of benzene rings is 2. The number of aryl methyl sites for hydroxylation is 1. The third kappa shape index (κ3) is 3.01. The van der Waals surface area contributed by atoms with E-state index in [0.29, 0.717) is 5.56 Å². The van der Waals surface area contributed by atoms with Crippen LogP contribution in [-0.2, 0) is 0 Å². The van der Waals surface area contributed by atoms with Gasteiger partial charge in [-0.15, -0.1) is 0 Å². The van der Waals surface area contributed by atoms with Crippen LogP contribution in [0, 0.1) is 18.3 Å². The summed E-state index contributed by atoms with van der Waals surface area (Å²) in [6.07, 6.45) is 1.96. The van der Waals surface area contributed by atoms with E-state index in [4.69, 9.17) is 5.26 Å². The molecule has 0 spiro atoms. The fraction of sp³-hybridized carbons (Fsp3) is 0.167. The van der Waals surface area contributed by atoms with Crippen LogP contribution in [0.1, 0.15) is 11.1 Å². The molecule has 1 aromatic heterocycles. The fourth-order valence-corrected chi connectivity index (χ4v) is 4.25. The molecular weight excluding hydrogens is 338 g/mol. The van der Waals surface area contributed by atoms with E-state index in [2.05, 4.69) is 10.4 Å². The molecule has 0 aliphatic rings. The van der Waals surface area contributed by atoms with E-state index in [1.807, 2.05) is 43.5 Å². The van der Waals surface area contributed by atoms with Crippen molar-refractivity contribution >= 4 is 38.6 Å². The van der Waals surface area contributed by atoms with Crippen LogP contribution in [0.5, 0.6) is 0 Å². The molecule has 6 heteroatoms. The van der Waals surface area contributed by atoms with Crippen molar-refractivity contribution in [1.29, 1.82) is 5.26 Å². The van der Waals surface area contributed by atoms with Gasteiger partial charge in [0.25, 0.3) is 5.24 Å². The Bertz CT molecular complexity index is 970. The Balaban J connectivity index is 2.23. The number of nitriles is 1. The first-order chi connectivity index (χ1) is 11.5. The number of hydrogen-bond donors (Lipinski definition) is 0. The summed E-state index contributed by atoms with van der Waals surface area (Å²) in [7, 11) is 3.50. The van der Waals surface area contributed by atoms with E-state index in [9.17, 15) is 4.79 Å². The third-order valence-corrected chi connectivity index (χ3v) is 5.69. The molecule has 0 aliphatic carbocycles. The monoisotopic (exact) mass is 354 g/mol. The van der Waals surface area contributed by atoms with Gasteiger partial charge in [-0.05, 0) is 54.1 Å². The standard InChI is InChI=1S/C18H15N3OS2/c1-11-8-12(9-19)4-6-14(11)16-15(23-18(22)21(2)3)7-5-13-10-20-24-17(13)16/h4-8,10H,1-3H3/p+1. The number of nitrogens with zero attached hydrogens (tertiary/aromatic N) is 2. The number of aromatic amines is 1. The lowest BCUT2D eigenvalue weighted by molar-refractivity contribution is -0.287. The van der Waals surface area contributed by atoms with Gasteiger partial charge in [-0.2, -0.15) is 9.64 Å². The molecule has 0 bridgehead atoms. The van der Waals surface area contributed by atoms with Crippen LogP contribution in [-0.4, -0.2) is 24.2 Å². The van der Waals surface area contributed by atoms with Gasteiger partial charge in [0.15, 0.2) is 6.20 Å². The highest BCUT2D eigenvalue weighted by Crippen LogP contribution is 2.40. The summed E-state index contributed by atoms with van der Waals surface area (Å²) in [4.78, 5) is 14.7. The zero-order valence-corrected chi connectivity index (χ0v) is 15.2. The topological polar surface area (TPSA) is 58.2 Å². The fourth-order valence-electron chi connectivity index (χ4n) is 2.50. The molecule has 24 heavy (non-hydrogen) atoms. The molecule has 0 fully saturated rings. The first kappa shape index (κ1) is 16.5. The van der Waals surface area contributed by atoms with Gasteiger partial charge in [0.1, 0.15) is 16.2 Å². The van der Waals surface area contributed by atoms with Gasteiger partial charge in [-0.25, -0.2) is 0 Å². The lowest BCUT2D eigenvalue weighted by Crippen LogP contribution is -2.16. The van der Waals surface area contributed by atoms with E-state index < -0.39 is 0 Å². The zero-order chi connectivity index (χ0) is 17.3. The molecule has 3 aromatic rings. The number of thioether (sulfide) groups is 1. The highest BCUT2D eigenvalue weighted by Gasteiger charge is 2.19. The number of carbonyl (C=O) groups excluding carboxylic acids is 1. The lowest BCUT2D eigenvalue weighted by atomic mass is 9.98. The van der Waals surface area contributed by atoms with Crippen LogP contribution in [0.2, 0.25) is 0 Å². The molecule has 0 aliphatic heterocycles. The second-order valence-electron chi connectivity index (χ2n) is 5.63. The molecule has 0 radical (unpaired) electrons. The molecule has 1 amide bonds. The minimum absolute atomic E-state index is 0.0116. The number of carbonyl (C=O) groups is 1. The van der Waals surface area contributed by atoms with E-state index in [1.165, 1.54) is 11.8 Å². The molecule has 0 unspecified atom stereocenters. The molecule has 0 saturated carbocycles. The van der Waals surface area contributed by atoms with Gasteiger partial charge < -0.3 is 4.90 Å². The summed E-state index contributed by atoms with van der Waals surface area (Å²) in [5.74, 6) is 0. The predicted molar refractivity (Wildman–Crippen MR) is 98.2 cm³/mol. The summed E-state index contributed by atoms with van der Waals surface area (Å²) in [5, 5.41) is 10.2. The highest BCUT2D eigenvalue weighted by molar-refractivity contribution is 8.13. The van der Waals surface area contributed by atoms with Gasteiger partial charge >= 0.3 is 0 Å². The van der Waals surface area contributed by atoms with Crippen molar-refractivity contribution in [3.05, 3.63) is 47.7 Å². The first-order valence-electron chi connectivity index (χ1n) is 7.34. The number of fused-ring (bicyclic) bond motifs is 1. The maximum absolute atomic E-state index is 12.2. The van der Waals surface area contributed by atoms with Crippen LogP contribution in [0.15, 0.2) is 41.4 Å². The van der Waals surface area contributed by atoms with Gasteiger partial charge in [0.05, 0.1) is 17.0 Å². The largest absolute Gasteiger partial charge is 0.339 e. The third-order valence-electron chi connectivity index (χ3n) is 3.71. The molecule has 2 aromatic carbocycles. The lowest BCUT2D eigenvalue weighted by Gasteiger charge is -2.14. The van der Waals surface area contributed by atoms with Crippen LogP contribution in [0.4, 0.5) is 4.79 Å². The summed E-state index contributed by atoms with van der Waals surface area (Å²) in [6, 6.07) is 11.9. The van der Waals surface area contributed by atoms with Crippen molar-refractivity contribution in [3.8, 4) is 17.2 Å². The smallest absolute Gasteiger partial charge is 0.285 e. The van der Waals surface area contributed by atoms with Crippen molar-refractivity contribution in [2.75, 3.05) is 14.1 Å². The maximum Gasteiger partial charge on any atom is 0.285 e. The predicted octanol–water partition coefficient (Wildman–Crippen LogP) is 4.34. The number of nitrogens with one attached hydrogen (secondary N) is 1. The average molecular weight is 354 g/mol. The van der Waals surface area contributed by atoms with Crippen LogP contribution >= 0.6 is 23.3 Å². The Kier molecular flexibility index (Phi) is 4.56. The van der Waals surface area contributed by atoms with Crippen LogP contribution in [0.3, 0.4) is 0 Å². The molecule has 4 nitrogen and oxygen atoms in total. The Morgan fingerprint density at radius 3 is 2.75 bits per heavy atom. The molecule has 0 saturated heterocycles. The summed E-state index contributed by atoms with van der Waals surface area (Å²) in [6.45, 7) is 1.99. The minimum Gasteiger partial charge on any atom is -0.339 e. The first-order valence-corrected chi connectivity index (χ1v) is 8.97. The number of H-pyrrole nitrogens is 1. The van der Waals surface area contributed by atoms with Crippen LogP contribution < -0.4 is 4.37 Å². The normalized spacial score (nSPS) is 10.6. The summed E-state index contributed by atoms with van der Waals surface area (Å²) < 4.78 is 4.29. The van der Waals surface area contributed by atoms with Crippen molar-refractivity contribution in [2.24, 2.45) is 0 Å². The Morgan fingerprint density at radius 1 is 1.29 bits per heavy atom. The van der Waals surface area contributed by atoms with E-state index >= 15 is 0 Å². The zero-order valence-electron chi connectivity index (χ0n) is 13.6. The summed E-state index contributed by atoms with van der Waals surface area (Å²) >= 11 is 2.77. The van der Waals surface area contributed by atoms with Crippen molar-refractivity contribution < 1.29 is 9.17 Å². The molecule has 0 atom stereocenters. The molecule has 1 heterocycles. The molecule has 3 rings (SSSR count). The van der Waals surface area contributed by atoms with Crippen molar-refractivity contribution in [2.45, 2.75) is 11.8 Å². The second-order valence-corrected chi connectivity index (χ2v) is 7.47. The Morgan fingerprint density at radius 2 is 2.08 bits per heavy atom. The Labute approximate surface area is 148 Å². The Hall–Kier alpha value is -2.36. The average Bonchev–Trinajstić information content (AvgIpc) is 3.03. The molecule has 120 valence electrons. The molecule has 1 N–H and O–H groups in total. The van der Waals surface area contributed by atoms with Gasteiger partial charge in [0.2, 0.25) is 0 Å². The quantitative estimate of drug-likeness (QED) is 0.643. The number of rotatable bonds is 2. The van der Waals surface area contributed by atoms with Crippen molar-refractivity contribution in [1.82, 2.24) is 4.90 Å². The highest BCUT2D eigenvalue weighted by atomic mass is 32.2. The van der Waals surface area contributed by atoms with Gasteiger partial charge in [-0.3, -0.25) is 4.79 Å². The van der Waals surface area contributed by atoms with E-state index in [1.54, 1.807) is 30.5 Å². The van der Waals surface area contributed by atoms with Gasteiger partial charge in [0, 0.05) is 24.6 Å². The number of aromatic nitrogens is 1. The summed E-state index contributed by atoms with van der Waals surface area (Å²) in [5.41, 5.74) is 3.75.